The van der Waals surface area contributed by atoms with Crippen LogP contribution in [-0.2, 0) is 6.54 Å². The Hall–Kier alpha value is -1.51. The van der Waals surface area contributed by atoms with Gasteiger partial charge in [0.2, 0.25) is 0 Å². The van der Waals surface area contributed by atoms with Crippen LogP contribution in [-0.4, -0.2) is 9.78 Å². The van der Waals surface area contributed by atoms with Crippen LogP contribution < -0.4 is 5.56 Å². The Morgan fingerprint density at radius 3 is 2.92 bits per heavy atom. The minimum Gasteiger partial charge on any atom is -0.285 e. The lowest BCUT2D eigenvalue weighted by atomic mass is 10.2. The molecule has 0 aliphatic heterocycles. The first-order valence-corrected chi connectivity index (χ1v) is 4.00. The molecule has 3 nitrogen and oxygen atoms in total. The highest BCUT2D eigenvalue weighted by atomic mass is 16.1. The predicted octanol–water partition coefficient (Wildman–Crippen LogP) is 1.35. The molecule has 2 rings (SSSR count). The molecule has 3 heteroatoms. The van der Waals surface area contributed by atoms with Gasteiger partial charge < -0.3 is 0 Å². The first-order valence-electron chi connectivity index (χ1n) is 4.00. The number of hydrogen-bond acceptors (Lipinski definition) is 1. The van der Waals surface area contributed by atoms with Crippen molar-refractivity contribution < 1.29 is 0 Å². The van der Waals surface area contributed by atoms with E-state index in [1.165, 1.54) is 0 Å². The van der Waals surface area contributed by atoms with Gasteiger partial charge in [0.05, 0.1) is 10.9 Å². The smallest absolute Gasteiger partial charge is 0.271 e. The number of nitrogens with one attached hydrogen (secondary N) is 1. The zero-order chi connectivity index (χ0) is 8.55. The maximum atomic E-state index is 11.3. The van der Waals surface area contributed by atoms with Gasteiger partial charge in [0.1, 0.15) is 0 Å². The van der Waals surface area contributed by atoms with Crippen LogP contribution in [0.2, 0.25) is 0 Å². The average molecular weight is 162 g/mol. The highest BCUT2D eigenvalue weighted by Gasteiger charge is 2.01. The van der Waals surface area contributed by atoms with Crippen LogP contribution in [0.15, 0.2) is 29.1 Å². The molecule has 1 aromatic heterocycles. The van der Waals surface area contributed by atoms with Crippen molar-refractivity contribution in [3.8, 4) is 0 Å². The first-order chi connectivity index (χ1) is 5.83. The van der Waals surface area contributed by atoms with Crippen molar-refractivity contribution in [2.75, 3.05) is 0 Å². The van der Waals surface area contributed by atoms with Crippen molar-refractivity contribution in [3.05, 3.63) is 34.6 Å². The van der Waals surface area contributed by atoms with Gasteiger partial charge in [-0.15, -0.1) is 0 Å². The molecule has 0 atom stereocenters. The summed E-state index contributed by atoms with van der Waals surface area (Å²) in [6.07, 6.45) is 0. The van der Waals surface area contributed by atoms with E-state index >= 15 is 0 Å². The van der Waals surface area contributed by atoms with Crippen molar-refractivity contribution in [1.29, 1.82) is 0 Å². The van der Waals surface area contributed by atoms with E-state index in [4.69, 9.17) is 0 Å². The quantitative estimate of drug-likeness (QED) is 0.675. The summed E-state index contributed by atoms with van der Waals surface area (Å²) >= 11 is 0. The van der Waals surface area contributed by atoms with Gasteiger partial charge in [-0.25, -0.2) is 0 Å². The SMILES string of the molecule is CCn1[nH]c(=O)c2ccccc21. The summed E-state index contributed by atoms with van der Waals surface area (Å²) in [5, 5.41) is 3.53. The molecule has 0 unspecified atom stereocenters. The molecule has 62 valence electrons. The summed E-state index contributed by atoms with van der Waals surface area (Å²) in [7, 11) is 0. The van der Waals surface area contributed by atoms with Crippen LogP contribution in [0.4, 0.5) is 0 Å². The molecule has 0 saturated heterocycles. The second-order valence-electron chi connectivity index (χ2n) is 2.70. The van der Waals surface area contributed by atoms with E-state index in [0.717, 1.165) is 17.4 Å². The summed E-state index contributed by atoms with van der Waals surface area (Å²) in [5.74, 6) is 0. The molecule has 0 aliphatic rings. The second-order valence-corrected chi connectivity index (χ2v) is 2.70. The van der Waals surface area contributed by atoms with Crippen molar-refractivity contribution >= 4 is 10.9 Å². The van der Waals surface area contributed by atoms with E-state index in [1.54, 1.807) is 0 Å². The van der Waals surface area contributed by atoms with Crippen molar-refractivity contribution in [2.24, 2.45) is 0 Å². The summed E-state index contributed by atoms with van der Waals surface area (Å²) in [6, 6.07) is 7.58. The number of rotatable bonds is 1. The zero-order valence-corrected chi connectivity index (χ0v) is 6.87. The lowest BCUT2D eigenvalue weighted by Crippen LogP contribution is -2.03. The number of H-pyrrole nitrogens is 1. The van der Waals surface area contributed by atoms with Crippen LogP contribution in [0.25, 0.3) is 10.9 Å². The van der Waals surface area contributed by atoms with Gasteiger partial charge in [-0.1, -0.05) is 12.1 Å². The minimum atomic E-state index is -0.00699. The summed E-state index contributed by atoms with van der Waals surface area (Å²) < 4.78 is 1.84. The Morgan fingerprint density at radius 1 is 1.42 bits per heavy atom. The topological polar surface area (TPSA) is 37.8 Å². The Bertz CT molecular complexity index is 453. The Labute approximate surface area is 69.6 Å². The van der Waals surface area contributed by atoms with Crippen LogP contribution in [0.1, 0.15) is 6.92 Å². The highest BCUT2D eigenvalue weighted by molar-refractivity contribution is 5.78. The number of para-hydroxylation sites is 1. The zero-order valence-electron chi connectivity index (χ0n) is 6.87. The van der Waals surface area contributed by atoms with E-state index in [0.29, 0.717) is 0 Å². The molecule has 0 saturated carbocycles. The molecule has 0 amide bonds. The largest absolute Gasteiger partial charge is 0.285 e. The monoisotopic (exact) mass is 162 g/mol. The molecule has 0 aliphatic carbocycles. The third kappa shape index (κ3) is 0.863. The van der Waals surface area contributed by atoms with E-state index in [9.17, 15) is 4.79 Å². The number of nitrogens with zero attached hydrogens (tertiary/aromatic N) is 1. The van der Waals surface area contributed by atoms with Crippen LogP contribution in [0, 0.1) is 0 Å². The van der Waals surface area contributed by atoms with E-state index < -0.39 is 0 Å². The maximum absolute atomic E-state index is 11.3. The number of aromatic nitrogens is 2. The molecule has 12 heavy (non-hydrogen) atoms. The summed E-state index contributed by atoms with van der Waals surface area (Å²) in [6.45, 7) is 2.80. The Kier molecular flexibility index (Phi) is 1.50. The van der Waals surface area contributed by atoms with Gasteiger partial charge in [0, 0.05) is 6.54 Å². The van der Waals surface area contributed by atoms with Gasteiger partial charge in [-0.3, -0.25) is 14.6 Å². The number of aromatic amines is 1. The van der Waals surface area contributed by atoms with Gasteiger partial charge in [0.25, 0.3) is 5.56 Å². The highest BCUT2D eigenvalue weighted by Crippen LogP contribution is 2.07. The molecule has 0 bridgehead atoms. The number of benzene rings is 1. The van der Waals surface area contributed by atoms with Gasteiger partial charge >= 0.3 is 0 Å². The number of fused-ring (bicyclic) bond motifs is 1. The third-order valence-electron chi connectivity index (χ3n) is 1.99. The maximum Gasteiger partial charge on any atom is 0.271 e. The molecular weight excluding hydrogens is 152 g/mol. The molecule has 0 radical (unpaired) electrons. The van der Waals surface area contributed by atoms with Crippen molar-refractivity contribution in [2.45, 2.75) is 13.5 Å². The molecule has 1 aromatic carbocycles. The first kappa shape index (κ1) is 7.16. The second kappa shape index (κ2) is 2.52. The third-order valence-corrected chi connectivity index (χ3v) is 1.99. The van der Waals surface area contributed by atoms with Gasteiger partial charge in [-0.2, -0.15) is 0 Å². The van der Waals surface area contributed by atoms with Crippen LogP contribution in [0.3, 0.4) is 0 Å². The van der Waals surface area contributed by atoms with Crippen LogP contribution >= 0.6 is 0 Å². The molecular formula is C9H10N2O. The van der Waals surface area contributed by atoms with Gasteiger partial charge in [0.15, 0.2) is 0 Å². The summed E-state index contributed by atoms with van der Waals surface area (Å²) in [4.78, 5) is 11.3. The van der Waals surface area contributed by atoms with Gasteiger partial charge in [-0.05, 0) is 19.1 Å². The standard InChI is InChI=1S/C9H10N2O/c1-2-11-8-6-4-3-5-7(8)9(12)10-11/h3-6H,2H2,1H3,(H,10,12). The lowest BCUT2D eigenvalue weighted by Gasteiger charge is -1.96. The summed E-state index contributed by atoms with van der Waals surface area (Å²) in [5.41, 5.74) is 0.970. The predicted molar refractivity (Wildman–Crippen MR) is 48.2 cm³/mol. The number of hydrogen-bond donors (Lipinski definition) is 1. The van der Waals surface area contributed by atoms with E-state index in [2.05, 4.69) is 5.10 Å². The Morgan fingerprint density at radius 2 is 2.17 bits per heavy atom. The minimum absolute atomic E-state index is 0.00699. The fourth-order valence-corrected chi connectivity index (χ4v) is 1.39. The molecule has 1 N–H and O–H groups in total. The molecule has 1 heterocycles. The number of aryl methyl sites for hydroxylation is 1. The normalized spacial score (nSPS) is 10.8. The van der Waals surface area contributed by atoms with Crippen LogP contribution in [0.5, 0.6) is 0 Å². The fraction of sp³-hybridized carbons (Fsp3) is 0.222. The van der Waals surface area contributed by atoms with E-state index in [1.807, 2.05) is 35.9 Å². The molecule has 0 spiro atoms. The van der Waals surface area contributed by atoms with Crippen molar-refractivity contribution in [1.82, 2.24) is 9.78 Å². The molecule has 0 fully saturated rings. The average Bonchev–Trinajstić information content (AvgIpc) is 2.44. The molecule has 2 aromatic rings. The van der Waals surface area contributed by atoms with Crippen molar-refractivity contribution in [3.63, 3.8) is 0 Å². The fourth-order valence-electron chi connectivity index (χ4n) is 1.39. The Balaban J connectivity index is 2.91. The lowest BCUT2D eigenvalue weighted by molar-refractivity contribution is 0.676. The van der Waals surface area contributed by atoms with E-state index in [-0.39, 0.29) is 5.56 Å².